The first-order valence-electron chi connectivity index (χ1n) is 4.36. The zero-order valence-electron chi connectivity index (χ0n) is 8.09. The zero-order valence-corrected chi connectivity index (χ0v) is 10.5. The van der Waals surface area contributed by atoms with Gasteiger partial charge in [0.15, 0.2) is 0 Å². The highest BCUT2D eigenvalue weighted by atomic mass is 79.9. The molecule has 0 aliphatic carbocycles. The molecule has 2 aromatic rings. The van der Waals surface area contributed by atoms with Gasteiger partial charge in [0.25, 0.3) is 0 Å². The maximum atomic E-state index is 3.91. The lowest BCUT2D eigenvalue weighted by Crippen LogP contribution is -1.93. The molecule has 0 bridgehead atoms. The molecule has 1 aromatic carbocycles. The van der Waals surface area contributed by atoms with Gasteiger partial charge in [-0.3, -0.25) is 0 Å². The molecule has 1 heterocycles. The number of nitrogens with zero attached hydrogens (tertiary/aromatic N) is 4. The van der Waals surface area contributed by atoms with Crippen molar-refractivity contribution in [3.63, 3.8) is 0 Å². The van der Waals surface area contributed by atoms with Crippen LogP contribution in [0.15, 0.2) is 33.9 Å². The van der Waals surface area contributed by atoms with Crippen LogP contribution in [0.25, 0.3) is 0 Å². The Bertz CT molecular complexity index is 457. The Kier molecular flexibility index (Phi) is 3.37. The van der Waals surface area contributed by atoms with E-state index in [9.17, 15) is 0 Å². The summed E-state index contributed by atoms with van der Waals surface area (Å²) < 4.78 is 2.79. The van der Waals surface area contributed by atoms with E-state index < -0.39 is 0 Å². The fourth-order valence-electron chi connectivity index (χ4n) is 1.10. The van der Waals surface area contributed by atoms with Crippen molar-refractivity contribution < 1.29 is 0 Å². The van der Waals surface area contributed by atoms with Crippen molar-refractivity contribution in [2.24, 2.45) is 7.05 Å². The lowest BCUT2D eigenvalue weighted by Gasteiger charge is -2.02. The van der Waals surface area contributed by atoms with Gasteiger partial charge in [-0.15, -0.1) is 5.10 Å². The van der Waals surface area contributed by atoms with E-state index in [1.165, 1.54) is 5.56 Å². The molecule has 4 nitrogen and oxygen atoms in total. The molecular weight excluding hydrogens is 276 g/mol. The Morgan fingerprint density at radius 2 is 2.20 bits per heavy atom. The average Bonchev–Trinajstić information content (AvgIpc) is 2.63. The predicted octanol–water partition coefficient (Wildman–Crippen LogP) is 2.26. The van der Waals surface area contributed by atoms with Gasteiger partial charge in [-0.05, 0) is 22.1 Å². The van der Waals surface area contributed by atoms with Crippen LogP contribution >= 0.6 is 27.7 Å². The van der Waals surface area contributed by atoms with Crippen LogP contribution in [0.2, 0.25) is 0 Å². The summed E-state index contributed by atoms with van der Waals surface area (Å²) in [6, 6.07) is 8.14. The number of thioether (sulfide) groups is 1. The lowest BCUT2D eigenvalue weighted by molar-refractivity contribution is 0.664. The molecule has 2 rings (SSSR count). The van der Waals surface area contributed by atoms with Crippen molar-refractivity contribution >= 4 is 27.7 Å². The van der Waals surface area contributed by atoms with E-state index in [0.717, 1.165) is 15.4 Å². The van der Waals surface area contributed by atoms with E-state index >= 15 is 0 Å². The maximum absolute atomic E-state index is 3.91. The van der Waals surface area contributed by atoms with Crippen LogP contribution in [0.1, 0.15) is 5.56 Å². The van der Waals surface area contributed by atoms with Gasteiger partial charge in [-0.25, -0.2) is 4.68 Å². The highest BCUT2D eigenvalue weighted by molar-refractivity contribution is 9.10. The van der Waals surface area contributed by atoms with Crippen LogP contribution in [-0.4, -0.2) is 20.2 Å². The van der Waals surface area contributed by atoms with E-state index in [2.05, 4.69) is 37.5 Å². The van der Waals surface area contributed by atoms with E-state index in [1.54, 1.807) is 16.4 Å². The SMILES string of the molecule is Cn1nnnc1SCc1ccccc1Br. The summed E-state index contributed by atoms with van der Waals surface area (Å²) in [6.07, 6.45) is 0. The minimum atomic E-state index is 0.825. The van der Waals surface area contributed by atoms with E-state index in [0.29, 0.717) is 0 Å². The molecule has 0 aliphatic heterocycles. The quantitative estimate of drug-likeness (QED) is 0.811. The number of hydrogen-bond acceptors (Lipinski definition) is 4. The summed E-state index contributed by atoms with van der Waals surface area (Å²) in [4.78, 5) is 0. The van der Waals surface area contributed by atoms with Crippen molar-refractivity contribution in [2.75, 3.05) is 0 Å². The Morgan fingerprint density at radius 3 is 2.87 bits per heavy atom. The zero-order chi connectivity index (χ0) is 10.7. The first-order chi connectivity index (χ1) is 7.27. The van der Waals surface area contributed by atoms with Gasteiger partial charge < -0.3 is 0 Å². The number of halogens is 1. The Balaban J connectivity index is 2.06. The Morgan fingerprint density at radius 1 is 1.40 bits per heavy atom. The van der Waals surface area contributed by atoms with E-state index in [4.69, 9.17) is 0 Å². The number of aryl methyl sites for hydroxylation is 1. The third-order valence-corrected chi connectivity index (χ3v) is 3.73. The van der Waals surface area contributed by atoms with Gasteiger partial charge >= 0.3 is 0 Å². The molecule has 0 spiro atoms. The number of aromatic nitrogens is 4. The standard InChI is InChI=1S/C9H9BrN4S/c1-14-9(11-12-13-14)15-6-7-4-2-3-5-8(7)10/h2-5H,6H2,1H3. The molecule has 6 heteroatoms. The molecule has 0 N–H and O–H groups in total. The lowest BCUT2D eigenvalue weighted by atomic mass is 10.2. The second-order valence-corrected chi connectivity index (χ2v) is 4.76. The summed E-state index contributed by atoms with van der Waals surface area (Å²) in [6.45, 7) is 0. The monoisotopic (exact) mass is 284 g/mol. The third kappa shape index (κ3) is 2.57. The number of rotatable bonds is 3. The molecule has 0 atom stereocenters. The highest BCUT2D eigenvalue weighted by Crippen LogP contribution is 2.24. The van der Waals surface area contributed by atoms with Crippen molar-refractivity contribution in [3.8, 4) is 0 Å². The van der Waals surface area contributed by atoms with Crippen LogP contribution in [0, 0.1) is 0 Å². The minimum Gasteiger partial charge on any atom is -0.224 e. The number of hydrogen-bond donors (Lipinski definition) is 0. The van der Waals surface area contributed by atoms with Crippen molar-refractivity contribution in [2.45, 2.75) is 10.9 Å². The van der Waals surface area contributed by atoms with Gasteiger partial charge in [0, 0.05) is 17.3 Å². The van der Waals surface area contributed by atoms with Crippen LogP contribution in [0.3, 0.4) is 0 Å². The highest BCUT2D eigenvalue weighted by Gasteiger charge is 2.04. The fourth-order valence-corrected chi connectivity index (χ4v) is 2.57. The summed E-state index contributed by atoms with van der Waals surface area (Å²) in [5, 5.41) is 12.1. The summed E-state index contributed by atoms with van der Waals surface area (Å²) in [5.41, 5.74) is 1.24. The summed E-state index contributed by atoms with van der Waals surface area (Å²) in [7, 11) is 1.84. The number of tetrazole rings is 1. The molecule has 0 radical (unpaired) electrons. The molecule has 0 unspecified atom stereocenters. The van der Waals surface area contributed by atoms with Crippen LogP contribution in [0.4, 0.5) is 0 Å². The van der Waals surface area contributed by atoms with E-state index in [1.807, 2.05) is 25.2 Å². The van der Waals surface area contributed by atoms with Gasteiger partial charge in [-0.2, -0.15) is 0 Å². The summed E-state index contributed by atoms with van der Waals surface area (Å²) in [5.74, 6) is 0.857. The van der Waals surface area contributed by atoms with Gasteiger partial charge in [-0.1, -0.05) is 45.9 Å². The minimum absolute atomic E-state index is 0.825. The Hall–Kier alpha value is -0.880. The van der Waals surface area contributed by atoms with Crippen LogP contribution < -0.4 is 0 Å². The molecular formula is C9H9BrN4S. The van der Waals surface area contributed by atoms with Crippen molar-refractivity contribution in [1.29, 1.82) is 0 Å². The van der Waals surface area contributed by atoms with Crippen molar-refractivity contribution in [3.05, 3.63) is 34.3 Å². The van der Waals surface area contributed by atoms with Crippen LogP contribution in [0.5, 0.6) is 0 Å². The first-order valence-corrected chi connectivity index (χ1v) is 6.14. The fraction of sp³-hybridized carbons (Fsp3) is 0.222. The Labute approximate surface area is 100 Å². The largest absolute Gasteiger partial charge is 0.224 e. The molecule has 0 fully saturated rings. The van der Waals surface area contributed by atoms with Gasteiger partial charge in [0.2, 0.25) is 5.16 Å². The molecule has 0 aliphatic rings. The molecule has 78 valence electrons. The van der Waals surface area contributed by atoms with Gasteiger partial charge in [0.1, 0.15) is 0 Å². The summed E-state index contributed by atoms with van der Waals surface area (Å²) >= 11 is 5.13. The topological polar surface area (TPSA) is 43.6 Å². The maximum Gasteiger partial charge on any atom is 0.209 e. The van der Waals surface area contributed by atoms with Crippen molar-refractivity contribution in [1.82, 2.24) is 20.2 Å². The molecule has 0 amide bonds. The van der Waals surface area contributed by atoms with Gasteiger partial charge in [0.05, 0.1) is 0 Å². The molecule has 15 heavy (non-hydrogen) atoms. The number of benzene rings is 1. The average molecular weight is 285 g/mol. The van der Waals surface area contributed by atoms with E-state index in [-0.39, 0.29) is 0 Å². The normalized spacial score (nSPS) is 10.5. The smallest absolute Gasteiger partial charge is 0.209 e. The third-order valence-electron chi connectivity index (χ3n) is 1.90. The first kappa shape index (κ1) is 10.6. The predicted molar refractivity (Wildman–Crippen MR) is 62.5 cm³/mol. The second-order valence-electron chi connectivity index (χ2n) is 2.97. The molecule has 0 saturated carbocycles. The molecule has 0 saturated heterocycles. The second kappa shape index (κ2) is 4.76. The molecule has 1 aromatic heterocycles. The van der Waals surface area contributed by atoms with Crippen LogP contribution in [-0.2, 0) is 12.8 Å².